The van der Waals surface area contributed by atoms with Crippen molar-refractivity contribution in [3.63, 3.8) is 0 Å². The summed E-state index contributed by atoms with van der Waals surface area (Å²) < 4.78 is 70.0. The Morgan fingerprint density at radius 3 is 2.49 bits per heavy atom. The number of aromatic nitrogens is 4. The SMILES string of the molecule is O=C(N[C@@H]1CC[C@@H](c2cccc(F)c2F)Cn2c(CC(F)(F)F)nnc21)N1CCC(c2cc3ccccc3[nH]c2=O)CC1. The van der Waals surface area contributed by atoms with E-state index in [1.807, 2.05) is 30.3 Å². The quantitative estimate of drug-likeness (QED) is 0.294. The Balaban J connectivity index is 1.19. The molecule has 8 nitrogen and oxygen atoms in total. The predicted molar refractivity (Wildman–Crippen MR) is 148 cm³/mol. The van der Waals surface area contributed by atoms with Crippen molar-refractivity contribution in [1.82, 2.24) is 30.0 Å². The van der Waals surface area contributed by atoms with Crippen LogP contribution in [-0.4, -0.2) is 49.9 Å². The van der Waals surface area contributed by atoms with E-state index in [2.05, 4.69) is 20.5 Å². The van der Waals surface area contributed by atoms with Crippen molar-refractivity contribution < 1.29 is 26.7 Å². The lowest BCUT2D eigenvalue weighted by molar-refractivity contribution is -0.129. The van der Waals surface area contributed by atoms with Gasteiger partial charge in [0.25, 0.3) is 5.56 Å². The van der Waals surface area contributed by atoms with Gasteiger partial charge >= 0.3 is 12.2 Å². The van der Waals surface area contributed by atoms with Gasteiger partial charge in [0.15, 0.2) is 17.5 Å². The molecule has 226 valence electrons. The minimum absolute atomic E-state index is 0.0368. The number of carbonyl (C=O) groups is 1. The molecule has 4 heterocycles. The van der Waals surface area contributed by atoms with Crippen molar-refractivity contribution in [2.45, 2.75) is 62.7 Å². The van der Waals surface area contributed by atoms with Crippen LogP contribution in [-0.2, 0) is 13.0 Å². The van der Waals surface area contributed by atoms with Crippen LogP contribution in [0.1, 0.15) is 66.3 Å². The van der Waals surface area contributed by atoms with Crippen LogP contribution in [0.15, 0.2) is 53.3 Å². The second-order valence-corrected chi connectivity index (χ2v) is 11.2. The highest BCUT2D eigenvalue weighted by molar-refractivity contribution is 5.79. The van der Waals surface area contributed by atoms with Crippen LogP contribution in [0.5, 0.6) is 0 Å². The first-order chi connectivity index (χ1) is 20.6. The summed E-state index contributed by atoms with van der Waals surface area (Å²) in [6.07, 6.45) is -4.28. The monoisotopic (exact) mass is 600 g/mol. The number of H-pyrrole nitrogens is 1. The maximum atomic E-state index is 14.7. The van der Waals surface area contributed by atoms with Crippen molar-refractivity contribution in [2.75, 3.05) is 13.1 Å². The van der Waals surface area contributed by atoms with Crippen LogP contribution >= 0.6 is 0 Å². The third kappa shape index (κ3) is 5.98. The van der Waals surface area contributed by atoms with Crippen molar-refractivity contribution in [2.24, 2.45) is 0 Å². The third-order valence-corrected chi connectivity index (χ3v) is 8.46. The highest BCUT2D eigenvalue weighted by Crippen LogP contribution is 2.36. The average Bonchev–Trinajstić information content (AvgIpc) is 3.26. The first kappa shape index (κ1) is 28.8. The number of halogens is 5. The Hall–Kier alpha value is -4.29. The summed E-state index contributed by atoms with van der Waals surface area (Å²) in [4.78, 5) is 30.6. The predicted octanol–water partition coefficient (Wildman–Crippen LogP) is 5.71. The van der Waals surface area contributed by atoms with Gasteiger partial charge in [-0.1, -0.05) is 30.3 Å². The van der Waals surface area contributed by atoms with Gasteiger partial charge in [-0.3, -0.25) is 4.79 Å². The number of nitrogens with zero attached hydrogens (tertiary/aromatic N) is 4. The van der Waals surface area contributed by atoms with Gasteiger partial charge in [0.05, 0.1) is 6.04 Å². The van der Waals surface area contributed by atoms with Crippen LogP contribution in [0.2, 0.25) is 0 Å². The number of nitrogens with one attached hydrogen (secondary N) is 2. The van der Waals surface area contributed by atoms with Crippen LogP contribution in [0, 0.1) is 11.6 Å². The Labute approximate surface area is 242 Å². The van der Waals surface area contributed by atoms with Gasteiger partial charge in [0, 0.05) is 36.6 Å². The number of hydrogen-bond acceptors (Lipinski definition) is 4. The summed E-state index contributed by atoms with van der Waals surface area (Å²) in [5.41, 5.74) is 1.32. The van der Waals surface area contributed by atoms with Gasteiger partial charge < -0.3 is 19.8 Å². The van der Waals surface area contributed by atoms with E-state index in [0.29, 0.717) is 31.5 Å². The van der Waals surface area contributed by atoms with Crippen LogP contribution in [0.4, 0.5) is 26.7 Å². The first-order valence-electron chi connectivity index (χ1n) is 14.2. The van der Waals surface area contributed by atoms with E-state index in [0.717, 1.165) is 17.0 Å². The Morgan fingerprint density at radius 1 is 0.953 bits per heavy atom. The fraction of sp³-hybridized carbons (Fsp3) is 0.400. The zero-order valence-corrected chi connectivity index (χ0v) is 23.0. The molecule has 4 aromatic rings. The molecule has 6 rings (SSSR count). The fourth-order valence-corrected chi connectivity index (χ4v) is 6.25. The molecule has 2 N–H and O–H groups in total. The van der Waals surface area contributed by atoms with Gasteiger partial charge in [-0.2, -0.15) is 13.2 Å². The smallest absolute Gasteiger partial charge is 0.328 e. The number of para-hydroxylation sites is 1. The lowest BCUT2D eigenvalue weighted by Gasteiger charge is -2.33. The van der Waals surface area contributed by atoms with E-state index in [1.165, 1.54) is 16.7 Å². The number of aromatic amines is 1. The number of rotatable bonds is 4. The second kappa shape index (κ2) is 11.4. The van der Waals surface area contributed by atoms with E-state index >= 15 is 0 Å². The van der Waals surface area contributed by atoms with Crippen molar-refractivity contribution in [3.05, 3.63) is 93.3 Å². The number of carbonyl (C=O) groups excluding carboxylic acids is 1. The molecular formula is C30H29F5N6O2. The average molecular weight is 601 g/mol. The number of pyridine rings is 1. The molecular weight excluding hydrogens is 571 g/mol. The van der Waals surface area contributed by atoms with E-state index in [-0.39, 0.29) is 48.1 Å². The first-order valence-corrected chi connectivity index (χ1v) is 14.2. The molecule has 0 spiro atoms. The Bertz CT molecular complexity index is 1710. The summed E-state index contributed by atoms with van der Waals surface area (Å²) in [7, 11) is 0. The number of piperidine rings is 1. The highest BCUT2D eigenvalue weighted by Gasteiger charge is 2.36. The normalized spacial score (nSPS) is 19.7. The highest BCUT2D eigenvalue weighted by atomic mass is 19.4. The van der Waals surface area contributed by atoms with Crippen LogP contribution in [0.3, 0.4) is 0 Å². The van der Waals surface area contributed by atoms with E-state index in [4.69, 9.17) is 0 Å². The summed E-state index contributed by atoms with van der Waals surface area (Å²) in [6.45, 7) is 0.656. The summed E-state index contributed by atoms with van der Waals surface area (Å²) >= 11 is 0. The molecule has 2 atom stereocenters. The van der Waals surface area contributed by atoms with Gasteiger partial charge in [-0.15, -0.1) is 10.2 Å². The van der Waals surface area contributed by atoms with Crippen molar-refractivity contribution in [1.29, 1.82) is 0 Å². The zero-order chi connectivity index (χ0) is 30.3. The van der Waals surface area contributed by atoms with Gasteiger partial charge in [-0.25, -0.2) is 13.6 Å². The summed E-state index contributed by atoms with van der Waals surface area (Å²) in [6, 6.07) is 12.0. The molecule has 0 unspecified atom stereocenters. The molecule has 0 bridgehead atoms. The summed E-state index contributed by atoms with van der Waals surface area (Å²) in [5, 5.41) is 11.6. The molecule has 0 radical (unpaired) electrons. The lowest BCUT2D eigenvalue weighted by atomic mass is 9.89. The lowest BCUT2D eigenvalue weighted by Crippen LogP contribution is -2.46. The van der Waals surface area contributed by atoms with E-state index in [1.54, 1.807) is 4.90 Å². The largest absolute Gasteiger partial charge is 0.396 e. The third-order valence-electron chi connectivity index (χ3n) is 8.46. The Kier molecular flexibility index (Phi) is 7.65. The molecule has 0 aliphatic carbocycles. The number of likely N-dealkylation sites (tertiary alicyclic amines) is 1. The minimum atomic E-state index is -4.56. The maximum absolute atomic E-state index is 14.7. The van der Waals surface area contributed by atoms with Gasteiger partial charge in [0.1, 0.15) is 12.2 Å². The van der Waals surface area contributed by atoms with Crippen LogP contribution in [0.25, 0.3) is 10.9 Å². The number of hydrogen-bond donors (Lipinski definition) is 2. The topological polar surface area (TPSA) is 95.9 Å². The molecule has 0 saturated carbocycles. The molecule has 1 fully saturated rings. The number of amides is 2. The maximum Gasteiger partial charge on any atom is 0.396 e. The van der Waals surface area contributed by atoms with Crippen molar-refractivity contribution >= 4 is 16.9 Å². The second-order valence-electron chi connectivity index (χ2n) is 11.2. The number of urea groups is 1. The molecule has 1 saturated heterocycles. The molecule has 2 aromatic carbocycles. The van der Waals surface area contributed by atoms with Crippen molar-refractivity contribution in [3.8, 4) is 0 Å². The van der Waals surface area contributed by atoms with E-state index in [9.17, 15) is 31.5 Å². The standard InChI is InChI=1S/C30H29F5N6O2/c31-22-6-3-5-20(26(22)32)19-8-9-24(27-39-38-25(41(27)16-19)15-30(33,34)35)37-29(43)40-12-10-17(11-13-40)21-14-18-4-1-2-7-23(18)36-28(21)42/h1-7,14,17,19,24H,8-13,15-16H2,(H,36,42)(H,37,43)/t19-,24-/m1/s1. The number of benzene rings is 2. The molecule has 2 aliphatic rings. The molecule has 13 heteroatoms. The van der Waals surface area contributed by atoms with Gasteiger partial charge in [-0.05, 0) is 60.7 Å². The number of alkyl halides is 3. The Morgan fingerprint density at radius 2 is 1.72 bits per heavy atom. The van der Waals surface area contributed by atoms with Crippen LogP contribution < -0.4 is 10.9 Å². The number of fused-ring (bicyclic) bond motifs is 2. The molecule has 2 aliphatic heterocycles. The molecule has 43 heavy (non-hydrogen) atoms. The summed E-state index contributed by atoms with van der Waals surface area (Å²) in [5.74, 6) is -2.99. The van der Waals surface area contributed by atoms with Gasteiger partial charge in [0.2, 0.25) is 0 Å². The zero-order valence-electron chi connectivity index (χ0n) is 23.0. The fourth-order valence-electron chi connectivity index (χ4n) is 6.25. The minimum Gasteiger partial charge on any atom is -0.328 e. The van der Waals surface area contributed by atoms with E-state index < -0.39 is 42.2 Å². The molecule has 2 aromatic heterocycles. The molecule has 2 amide bonds.